The second-order valence-corrected chi connectivity index (χ2v) is 3.88. The van der Waals surface area contributed by atoms with E-state index in [0.717, 1.165) is 0 Å². The minimum absolute atomic E-state index is 0.0694. The van der Waals surface area contributed by atoms with Crippen molar-refractivity contribution < 1.29 is 51.8 Å². The zero-order valence-electron chi connectivity index (χ0n) is 10.8. The third-order valence-corrected chi connectivity index (χ3v) is 0.433. The van der Waals surface area contributed by atoms with E-state index in [1.165, 1.54) is 0 Å². The predicted octanol–water partition coefficient (Wildman–Crippen LogP) is 5.57. The van der Waals surface area contributed by atoms with E-state index in [0.29, 0.717) is 0 Å². The maximum Gasteiger partial charge on any atom is 0.673 e. The SMILES string of the molecule is C#CC(C)(C)C.F[B-](F)(F)F.F[B-](F)(F)F.F[B-](F)(F)F. The highest BCUT2D eigenvalue weighted by Crippen LogP contribution is 2.08. The topological polar surface area (TPSA) is 0 Å². The Hall–Kier alpha value is -1.09. The van der Waals surface area contributed by atoms with Crippen LogP contribution in [0.5, 0.6) is 0 Å². The average Bonchev–Trinajstić information content (AvgIpc) is 1.91. The van der Waals surface area contributed by atoms with Gasteiger partial charge in [0, 0.05) is 5.41 Å². The number of rotatable bonds is 0. The zero-order valence-corrected chi connectivity index (χ0v) is 10.8. The van der Waals surface area contributed by atoms with Crippen molar-refractivity contribution in [2.75, 3.05) is 0 Å². The van der Waals surface area contributed by atoms with Crippen LogP contribution in [0.1, 0.15) is 20.8 Å². The fourth-order valence-corrected chi connectivity index (χ4v) is 0. The molecule has 0 saturated carbocycles. The largest absolute Gasteiger partial charge is 0.673 e. The Morgan fingerprint density at radius 1 is 0.571 bits per heavy atom. The Morgan fingerprint density at radius 2 is 0.619 bits per heavy atom. The summed E-state index contributed by atoms with van der Waals surface area (Å²) in [4.78, 5) is 0. The molecule has 0 spiro atoms. The van der Waals surface area contributed by atoms with Gasteiger partial charge in [0.15, 0.2) is 0 Å². The van der Waals surface area contributed by atoms with Gasteiger partial charge in [0.1, 0.15) is 0 Å². The second-order valence-electron chi connectivity index (χ2n) is 3.88. The van der Waals surface area contributed by atoms with E-state index in [2.05, 4.69) is 5.92 Å². The number of terminal acetylenes is 1. The van der Waals surface area contributed by atoms with E-state index in [9.17, 15) is 51.8 Å². The van der Waals surface area contributed by atoms with Gasteiger partial charge in [-0.1, -0.05) is 0 Å². The maximum atomic E-state index is 9.75. The molecule has 0 N–H and O–H groups in total. The first-order valence-electron chi connectivity index (χ1n) is 4.66. The van der Waals surface area contributed by atoms with Crippen LogP contribution in [0, 0.1) is 17.8 Å². The molecule has 0 nitrogen and oxygen atoms in total. The molecule has 0 rings (SSSR count). The Kier molecular flexibility index (Phi) is 14.2. The van der Waals surface area contributed by atoms with Crippen LogP contribution in [0.15, 0.2) is 0 Å². The van der Waals surface area contributed by atoms with Gasteiger partial charge < -0.3 is 51.8 Å². The van der Waals surface area contributed by atoms with Gasteiger partial charge in [-0.2, -0.15) is 0 Å². The molecule has 0 aliphatic heterocycles. The lowest BCUT2D eigenvalue weighted by Crippen LogP contribution is -2.02. The molecule has 0 aromatic heterocycles. The van der Waals surface area contributed by atoms with Crippen LogP contribution in [-0.4, -0.2) is 21.8 Å². The van der Waals surface area contributed by atoms with Gasteiger partial charge in [-0.15, -0.1) is 12.3 Å². The molecule has 0 atom stereocenters. The third kappa shape index (κ3) is 1480. The summed E-state index contributed by atoms with van der Waals surface area (Å²) >= 11 is 0. The maximum absolute atomic E-state index is 9.75. The quantitative estimate of drug-likeness (QED) is 0.307. The Balaban J connectivity index is -0.0000000921. The third-order valence-electron chi connectivity index (χ3n) is 0.433. The minimum Gasteiger partial charge on any atom is -0.418 e. The van der Waals surface area contributed by atoms with Gasteiger partial charge in [-0.3, -0.25) is 0 Å². The summed E-state index contributed by atoms with van der Waals surface area (Å²) in [6, 6.07) is 0. The lowest BCUT2D eigenvalue weighted by molar-refractivity contribution is 0.366. The molecule has 0 radical (unpaired) electrons. The molecule has 15 heteroatoms. The lowest BCUT2D eigenvalue weighted by Gasteiger charge is -2.04. The van der Waals surface area contributed by atoms with Crippen LogP contribution >= 0.6 is 0 Å². The molecule has 0 fully saturated rings. The first kappa shape index (κ1) is 28.1. The standard InChI is InChI=1S/C6H10.3BF4/c1-5-6(2,3)4;3*2-1(3,4)5/h1H,2-4H3;;;/q;3*-1. The highest BCUT2D eigenvalue weighted by molar-refractivity contribution is 6.50. The van der Waals surface area contributed by atoms with Crippen LogP contribution in [-0.2, 0) is 0 Å². The molecule has 0 aliphatic rings. The predicted molar refractivity (Wildman–Crippen MR) is 58.8 cm³/mol. The van der Waals surface area contributed by atoms with E-state index >= 15 is 0 Å². The summed E-state index contributed by atoms with van der Waals surface area (Å²) in [5.41, 5.74) is 0.0694. The molecule has 0 saturated heterocycles. The van der Waals surface area contributed by atoms with Crippen molar-refractivity contribution in [3.05, 3.63) is 0 Å². The lowest BCUT2D eigenvalue weighted by atomic mass is 9.99. The first-order valence-corrected chi connectivity index (χ1v) is 4.66. The minimum atomic E-state index is -6.00. The van der Waals surface area contributed by atoms with Crippen LogP contribution in [0.4, 0.5) is 51.8 Å². The summed E-state index contributed by atoms with van der Waals surface area (Å²) in [5.74, 6) is 2.60. The van der Waals surface area contributed by atoms with Gasteiger partial charge in [-0.05, 0) is 20.8 Å². The van der Waals surface area contributed by atoms with Crippen LogP contribution < -0.4 is 0 Å². The summed E-state index contributed by atoms with van der Waals surface area (Å²) in [7, 11) is -18.0. The molecular formula is C6H10B3F12-3. The number of hydrogen-bond donors (Lipinski definition) is 0. The van der Waals surface area contributed by atoms with E-state index in [1.807, 2.05) is 20.8 Å². The molecule has 0 heterocycles. The molecule has 0 aliphatic carbocycles. The Bertz CT molecular complexity index is 229. The van der Waals surface area contributed by atoms with E-state index in [-0.39, 0.29) is 5.41 Å². The molecule has 130 valence electrons. The van der Waals surface area contributed by atoms with Gasteiger partial charge >= 0.3 is 21.8 Å². The highest BCUT2D eigenvalue weighted by atomic mass is 19.5. The normalized spacial score (nSPS) is 11.5. The smallest absolute Gasteiger partial charge is 0.418 e. The fraction of sp³-hybridized carbons (Fsp3) is 0.667. The zero-order chi connectivity index (χ0) is 18.7. The van der Waals surface area contributed by atoms with Crippen LogP contribution in [0.25, 0.3) is 0 Å². The highest BCUT2D eigenvalue weighted by Gasteiger charge is 2.21. The van der Waals surface area contributed by atoms with Crippen molar-refractivity contribution in [1.82, 2.24) is 0 Å². The Morgan fingerprint density at radius 3 is 0.619 bits per heavy atom. The molecule has 0 bridgehead atoms. The van der Waals surface area contributed by atoms with Crippen molar-refractivity contribution in [3.63, 3.8) is 0 Å². The van der Waals surface area contributed by atoms with Gasteiger partial charge in [0.25, 0.3) is 0 Å². The van der Waals surface area contributed by atoms with Crippen molar-refractivity contribution in [3.8, 4) is 12.3 Å². The molecule has 0 aromatic rings. The van der Waals surface area contributed by atoms with Crippen LogP contribution in [0.3, 0.4) is 0 Å². The molecule has 0 amide bonds. The van der Waals surface area contributed by atoms with Crippen molar-refractivity contribution in [2.24, 2.45) is 5.41 Å². The summed E-state index contributed by atoms with van der Waals surface area (Å²) in [6.45, 7) is 6.02. The average molecular weight is 343 g/mol. The molecular weight excluding hydrogens is 332 g/mol. The van der Waals surface area contributed by atoms with Crippen LogP contribution in [0.2, 0.25) is 0 Å². The molecule has 0 aromatic carbocycles. The van der Waals surface area contributed by atoms with Gasteiger partial charge in [0.05, 0.1) is 0 Å². The number of halogens is 12. The first-order chi connectivity index (χ1) is 8.56. The summed E-state index contributed by atoms with van der Waals surface area (Å²) < 4.78 is 117. The Labute approximate surface area is 113 Å². The summed E-state index contributed by atoms with van der Waals surface area (Å²) in [6.07, 6.45) is 5.06. The summed E-state index contributed by atoms with van der Waals surface area (Å²) in [5, 5.41) is 0. The molecule has 21 heavy (non-hydrogen) atoms. The second kappa shape index (κ2) is 10.6. The van der Waals surface area contributed by atoms with Gasteiger partial charge in [-0.25, -0.2) is 0 Å². The molecule has 0 unspecified atom stereocenters. The fourth-order valence-electron chi connectivity index (χ4n) is 0. The van der Waals surface area contributed by atoms with Crippen molar-refractivity contribution >= 4 is 21.8 Å². The number of hydrogen-bond acceptors (Lipinski definition) is 0. The van der Waals surface area contributed by atoms with Gasteiger partial charge in [0.2, 0.25) is 0 Å². The van der Waals surface area contributed by atoms with E-state index in [4.69, 9.17) is 6.42 Å². The van der Waals surface area contributed by atoms with E-state index < -0.39 is 21.8 Å². The monoisotopic (exact) mass is 343 g/mol. The van der Waals surface area contributed by atoms with Crippen molar-refractivity contribution in [1.29, 1.82) is 0 Å². The van der Waals surface area contributed by atoms with Crippen molar-refractivity contribution in [2.45, 2.75) is 20.8 Å². The van der Waals surface area contributed by atoms with E-state index in [1.54, 1.807) is 0 Å².